The molecule has 0 aliphatic carbocycles. The zero-order chi connectivity index (χ0) is 30.9. The van der Waals surface area contributed by atoms with Crippen molar-refractivity contribution in [2.45, 2.75) is 0 Å². The van der Waals surface area contributed by atoms with E-state index in [1.54, 1.807) is 0 Å². The summed E-state index contributed by atoms with van der Waals surface area (Å²) in [6, 6.07) is 56.6. The molecule has 0 saturated heterocycles. The second-order valence-corrected chi connectivity index (χ2v) is 11.3. The Balaban J connectivity index is 1.29. The fourth-order valence-corrected chi connectivity index (χ4v) is 6.18. The van der Waals surface area contributed by atoms with Crippen molar-refractivity contribution < 1.29 is 0 Å². The van der Waals surface area contributed by atoms with Crippen molar-refractivity contribution in [2.75, 3.05) is 0 Å². The third-order valence-electron chi connectivity index (χ3n) is 8.49. The molecule has 0 aliphatic heterocycles. The Morgan fingerprint density at radius 1 is 0.391 bits per heavy atom. The molecule has 7 aromatic carbocycles. The Labute approximate surface area is 267 Å². The van der Waals surface area contributed by atoms with E-state index < -0.39 is 0 Å². The van der Waals surface area contributed by atoms with Crippen LogP contribution in [0.15, 0.2) is 164 Å². The van der Waals surface area contributed by atoms with Gasteiger partial charge in [0.25, 0.3) is 0 Å². The van der Waals surface area contributed by atoms with Crippen LogP contribution in [0, 0.1) is 6.57 Å². The lowest BCUT2D eigenvalue weighted by atomic mass is 9.92. The number of rotatable bonds is 5. The van der Waals surface area contributed by atoms with Crippen molar-refractivity contribution in [3.8, 4) is 56.2 Å². The Hall–Kier alpha value is -6.37. The van der Waals surface area contributed by atoms with Crippen molar-refractivity contribution in [3.63, 3.8) is 0 Å². The molecular weight excluding hydrogens is 558 g/mol. The van der Waals surface area contributed by atoms with Gasteiger partial charge in [0.2, 0.25) is 0 Å². The number of fused-ring (bicyclic) bond motifs is 2. The van der Waals surface area contributed by atoms with Crippen molar-refractivity contribution in [2.24, 2.45) is 0 Å². The molecule has 0 fully saturated rings. The van der Waals surface area contributed by atoms with Crippen LogP contribution in [0.4, 0.5) is 5.69 Å². The normalized spacial score (nSPS) is 11.0. The predicted octanol–water partition coefficient (Wildman–Crippen LogP) is 11.7. The first kappa shape index (κ1) is 27.2. The van der Waals surface area contributed by atoms with Gasteiger partial charge in [-0.2, -0.15) is 0 Å². The lowest BCUT2D eigenvalue weighted by molar-refractivity contribution is 1.19. The minimum absolute atomic E-state index is 0.646. The number of hydrogen-bond donors (Lipinski definition) is 0. The average molecular weight is 586 g/mol. The van der Waals surface area contributed by atoms with Crippen molar-refractivity contribution in [3.05, 3.63) is 175 Å². The van der Waals surface area contributed by atoms with E-state index in [2.05, 4.69) is 126 Å². The molecule has 0 atom stereocenters. The lowest BCUT2D eigenvalue weighted by Crippen LogP contribution is -1.97. The number of benzene rings is 7. The Morgan fingerprint density at radius 2 is 0.978 bits per heavy atom. The molecule has 0 bridgehead atoms. The van der Waals surface area contributed by atoms with Crippen LogP contribution in [0.2, 0.25) is 0 Å². The van der Waals surface area contributed by atoms with Crippen LogP contribution in [-0.4, -0.2) is 9.97 Å². The van der Waals surface area contributed by atoms with Gasteiger partial charge in [-0.3, -0.25) is 0 Å². The van der Waals surface area contributed by atoms with Gasteiger partial charge in [0.15, 0.2) is 11.5 Å². The minimum Gasteiger partial charge on any atom is -0.238 e. The largest absolute Gasteiger partial charge is 0.238 e. The number of nitrogens with zero attached hydrogens (tertiary/aromatic N) is 3. The first-order valence-electron chi connectivity index (χ1n) is 15.3. The zero-order valence-electron chi connectivity index (χ0n) is 24.9. The van der Waals surface area contributed by atoms with Crippen molar-refractivity contribution >= 4 is 27.2 Å². The molecule has 1 aromatic heterocycles. The summed E-state index contributed by atoms with van der Waals surface area (Å²) in [7, 11) is 0. The summed E-state index contributed by atoms with van der Waals surface area (Å²) >= 11 is 0. The summed E-state index contributed by atoms with van der Waals surface area (Å²) in [5, 5.41) is 4.63. The van der Waals surface area contributed by atoms with Crippen LogP contribution in [-0.2, 0) is 0 Å². The summed E-state index contributed by atoms with van der Waals surface area (Å²) in [6.45, 7) is 7.24. The minimum atomic E-state index is 0.646. The molecule has 8 aromatic rings. The standard InChI is InChI=1S/C43H27N3/c1-44-37-24-22-29(23-25-37)33-18-19-35-27-36(21-20-34(35)26-33)40-28-41(46-43(45-40)32-12-6-3-7-13-32)39-17-9-15-31-14-8-16-38(42(31)39)30-10-4-2-5-11-30/h2-28H. The van der Waals surface area contributed by atoms with Crippen molar-refractivity contribution in [1.29, 1.82) is 0 Å². The molecule has 0 spiro atoms. The fraction of sp³-hybridized carbons (Fsp3) is 0. The van der Waals surface area contributed by atoms with Crippen LogP contribution < -0.4 is 0 Å². The SMILES string of the molecule is [C-]#[N+]c1ccc(-c2ccc3cc(-c4cc(-c5cccc6cccc(-c7ccccc7)c56)nc(-c5ccccc5)n4)ccc3c2)cc1. The van der Waals surface area contributed by atoms with Crippen LogP contribution in [0.5, 0.6) is 0 Å². The quantitative estimate of drug-likeness (QED) is 0.188. The highest BCUT2D eigenvalue weighted by atomic mass is 14.9. The first-order chi connectivity index (χ1) is 22.7. The molecule has 8 rings (SSSR count). The van der Waals surface area contributed by atoms with E-state index in [1.165, 1.54) is 21.9 Å². The maximum absolute atomic E-state index is 7.24. The lowest BCUT2D eigenvalue weighted by Gasteiger charge is -2.14. The molecule has 0 aliphatic rings. The molecule has 46 heavy (non-hydrogen) atoms. The number of aromatic nitrogens is 2. The molecule has 214 valence electrons. The van der Waals surface area contributed by atoms with E-state index in [0.29, 0.717) is 11.5 Å². The number of hydrogen-bond acceptors (Lipinski definition) is 2. The molecule has 0 amide bonds. The highest BCUT2D eigenvalue weighted by molar-refractivity contribution is 6.06. The van der Waals surface area contributed by atoms with Gasteiger partial charge in [-0.25, -0.2) is 14.8 Å². The summed E-state index contributed by atoms with van der Waals surface area (Å²) < 4.78 is 0. The van der Waals surface area contributed by atoms with Gasteiger partial charge in [-0.15, -0.1) is 0 Å². The monoisotopic (exact) mass is 585 g/mol. The first-order valence-corrected chi connectivity index (χ1v) is 15.3. The maximum Gasteiger partial charge on any atom is 0.187 e. The van der Waals surface area contributed by atoms with Gasteiger partial charge in [-0.05, 0) is 62.0 Å². The van der Waals surface area contributed by atoms with Gasteiger partial charge in [0.1, 0.15) is 0 Å². The van der Waals surface area contributed by atoms with Crippen LogP contribution in [0.1, 0.15) is 0 Å². The maximum atomic E-state index is 7.24. The Kier molecular flexibility index (Phi) is 6.87. The summed E-state index contributed by atoms with van der Waals surface area (Å²) in [6.07, 6.45) is 0. The molecule has 0 N–H and O–H groups in total. The third kappa shape index (κ3) is 5.09. The summed E-state index contributed by atoms with van der Waals surface area (Å²) in [5.41, 5.74) is 10.1. The van der Waals surface area contributed by atoms with E-state index in [1.807, 2.05) is 42.5 Å². The van der Waals surface area contributed by atoms with Gasteiger partial charge < -0.3 is 0 Å². The van der Waals surface area contributed by atoms with E-state index in [-0.39, 0.29) is 0 Å². The Morgan fingerprint density at radius 3 is 1.67 bits per heavy atom. The topological polar surface area (TPSA) is 30.1 Å². The molecule has 3 nitrogen and oxygen atoms in total. The summed E-state index contributed by atoms with van der Waals surface area (Å²) in [4.78, 5) is 13.8. The van der Waals surface area contributed by atoms with E-state index >= 15 is 0 Å². The van der Waals surface area contributed by atoms with Gasteiger partial charge in [0, 0.05) is 16.7 Å². The Bertz CT molecular complexity index is 2400. The van der Waals surface area contributed by atoms with E-state index in [0.717, 1.165) is 50.0 Å². The van der Waals surface area contributed by atoms with Crippen LogP contribution >= 0.6 is 0 Å². The zero-order valence-corrected chi connectivity index (χ0v) is 24.9. The van der Waals surface area contributed by atoms with E-state index in [4.69, 9.17) is 16.5 Å². The third-order valence-corrected chi connectivity index (χ3v) is 8.49. The van der Waals surface area contributed by atoms with Crippen LogP contribution in [0.25, 0.3) is 82.5 Å². The second kappa shape index (κ2) is 11.6. The van der Waals surface area contributed by atoms with Crippen molar-refractivity contribution in [1.82, 2.24) is 9.97 Å². The smallest absolute Gasteiger partial charge is 0.187 e. The predicted molar refractivity (Wildman–Crippen MR) is 190 cm³/mol. The molecule has 3 heteroatoms. The average Bonchev–Trinajstić information content (AvgIpc) is 3.14. The fourth-order valence-electron chi connectivity index (χ4n) is 6.18. The van der Waals surface area contributed by atoms with Gasteiger partial charge >= 0.3 is 0 Å². The molecule has 1 heterocycles. The second-order valence-electron chi connectivity index (χ2n) is 11.3. The molecule has 0 saturated carbocycles. The molecule has 0 radical (unpaired) electrons. The van der Waals surface area contributed by atoms with Crippen LogP contribution in [0.3, 0.4) is 0 Å². The molecular formula is C43H27N3. The van der Waals surface area contributed by atoms with Gasteiger partial charge in [-0.1, -0.05) is 146 Å². The highest BCUT2D eigenvalue weighted by Gasteiger charge is 2.15. The van der Waals surface area contributed by atoms with Gasteiger partial charge in [0.05, 0.1) is 18.0 Å². The summed E-state index contributed by atoms with van der Waals surface area (Å²) in [5.74, 6) is 0.695. The molecule has 0 unspecified atom stereocenters. The highest BCUT2D eigenvalue weighted by Crippen LogP contribution is 2.38. The van der Waals surface area contributed by atoms with E-state index in [9.17, 15) is 0 Å².